The highest BCUT2D eigenvalue weighted by Gasteiger charge is 2.28. The summed E-state index contributed by atoms with van der Waals surface area (Å²) in [7, 11) is 0. The number of carbonyl (C=O) groups excluding carboxylic acids is 2. The summed E-state index contributed by atoms with van der Waals surface area (Å²) in [6, 6.07) is 10.2. The molecule has 1 saturated heterocycles. The van der Waals surface area contributed by atoms with Crippen LogP contribution in [0.1, 0.15) is 37.7 Å². The van der Waals surface area contributed by atoms with E-state index in [9.17, 15) is 9.59 Å². The summed E-state index contributed by atoms with van der Waals surface area (Å²) in [5.41, 5.74) is 3.50. The average Bonchev–Trinajstić information content (AvgIpc) is 3.16. The number of morpholine rings is 1. The van der Waals surface area contributed by atoms with Crippen molar-refractivity contribution in [2.45, 2.75) is 32.7 Å². The van der Waals surface area contributed by atoms with Crippen molar-refractivity contribution in [3.05, 3.63) is 56.8 Å². The van der Waals surface area contributed by atoms with Gasteiger partial charge >= 0.3 is 0 Å². The van der Waals surface area contributed by atoms with Crippen molar-refractivity contribution in [2.24, 2.45) is 5.92 Å². The largest absolute Gasteiger partial charge is 0.378 e. The molecule has 1 aromatic carbocycles. The van der Waals surface area contributed by atoms with Gasteiger partial charge in [0.15, 0.2) is 0 Å². The van der Waals surface area contributed by atoms with E-state index in [-0.39, 0.29) is 17.7 Å². The highest BCUT2D eigenvalue weighted by molar-refractivity contribution is 7.14. The summed E-state index contributed by atoms with van der Waals surface area (Å²) < 4.78 is 5.33. The molecule has 1 aromatic heterocycles. The van der Waals surface area contributed by atoms with Crippen LogP contribution < -0.4 is 5.32 Å². The summed E-state index contributed by atoms with van der Waals surface area (Å²) >= 11 is 1.60. The normalized spacial score (nSPS) is 19.2. The second-order valence-electron chi connectivity index (χ2n) is 7.61. The fourth-order valence-electron chi connectivity index (χ4n) is 3.81. The number of nitrogens with one attached hydrogen (secondary N) is 1. The average molecular weight is 399 g/mol. The topological polar surface area (TPSA) is 58.6 Å². The Hall–Kier alpha value is -2.18. The molecule has 0 saturated carbocycles. The number of aryl methyl sites for hydroxylation is 2. The molecular weight excluding hydrogens is 372 g/mol. The molecule has 1 aliphatic heterocycles. The van der Waals surface area contributed by atoms with E-state index in [1.54, 1.807) is 11.3 Å². The molecule has 0 bridgehead atoms. The molecule has 4 rings (SSSR count). The van der Waals surface area contributed by atoms with Gasteiger partial charge in [-0.25, -0.2) is 0 Å². The van der Waals surface area contributed by atoms with E-state index in [1.807, 2.05) is 11.0 Å². The number of carbonyl (C=O) groups is 2. The Bertz CT molecular complexity index is 853. The van der Waals surface area contributed by atoms with Crippen LogP contribution in [-0.2, 0) is 28.9 Å². The number of hydrogen-bond acceptors (Lipinski definition) is 4. The van der Waals surface area contributed by atoms with Crippen molar-refractivity contribution in [3.63, 3.8) is 0 Å². The maximum Gasteiger partial charge on any atom is 0.264 e. The first kappa shape index (κ1) is 19.2. The van der Waals surface area contributed by atoms with Crippen LogP contribution >= 0.6 is 11.3 Å². The second-order valence-corrected chi connectivity index (χ2v) is 8.74. The number of hydrogen-bond donors (Lipinski definition) is 1. The summed E-state index contributed by atoms with van der Waals surface area (Å²) in [4.78, 5) is 29.3. The minimum Gasteiger partial charge on any atom is -0.378 e. The lowest BCUT2D eigenvalue weighted by atomic mass is 9.87. The molecule has 2 aromatic rings. The van der Waals surface area contributed by atoms with Gasteiger partial charge in [-0.2, -0.15) is 0 Å². The lowest BCUT2D eigenvalue weighted by Crippen LogP contribution is -2.40. The first-order valence-corrected chi connectivity index (χ1v) is 10.7. The molecule has 1 fully saturated rings. The van der Waals surface area contributed by atoms with Crippen molar-refractivity contribution < 1.29 is 14.3 Å². The summed E-state index contributed by atoms with van der Waals surface area (Å²) in [6.07, 6.45) is 2.44. The zero-order chi connectivity index (χ0) is 19.5. The van der Waals surface area contributed by atoms with Gasteiger partial charge in [0, 0.05) is 30.4 Å². The molecule has 1 aliphatic carbocycles. The molecule has 0 unspecified atom stereocenters. The van der Waals surface area contributed by atoms with Gasteiger partial charge in [-0.3, -0.25) is 9.59 Å². The first-order valence-electron chi connectivity index (χ1n) is 9.92. The van der Waals surface area contributed by atoms with Crippen molar-refractivity contribution in [3.8, 4) is 0 Å². The van der Waals surface area contributed by atoms with Crippen LogP contribution in [-0.4, -0.2) is 43.0 Å². The van der Waals surface area contributed by atoms with Crippen LogP contribution in [0.5, 0.6) is 0 Å². The third kappa shape index (κ3) is 4.28. The van der Waals surface area contributed by atoms with Crippen LogP contribution in [0.3, 0.4) is 0 Å². The second kappa shape index (κ2) is 8.45. The minimum absolute atomic E-state index is 0.0149. The third-order valence-electron chi connectivity index (χ3n) is 5.55. The highest BCUT2D eigenvalue weighted by Crippen LogP contribution is 2.33. The van der Waals surface area contributed by atoms with Crippen LogP contribution in [0.25, 0.3) is 0 Å². The molecule has 2 heterocycles. The van der Waals surface area contributed by atoms with Crippen molar-refractivity contribution in [1.82, 2.24) is 10.2 Å². The lowest BCUT2D eigenvalue weighted by Gasteiger charge is -2.26. The third-order valence-corrected chi connectivity index (χ3v) is 6.78. The minimum atomic E-state index is -0.0149. The van der Waals surface area contributed by atoms with Crippen molar-refractivity contribution in [2.75, 3.05) is 26.3 Å². The Balaban J connectivity index is 1.36. The van der Waals surface area contributed by atoms with E-state index in [1.165, 1.54) is 16.0 Å². The first-order chi connectivity index (χ1) is 13.6. The summed E-state index contributed by atoms with van der Waals surface area (Å²) in [5, 5.41) is 3.08. The number of rotatable bonds is 4. The lowest BCUT2D eigenvalue weighted by molar-refractivity contribution is -0.125. The zero-order valence-corrected chi connectivity index (χ0v) is 17.0. The predicted octanol–water partition coefficient (Wildman–Crippen LogP) is 2.95. The molecule has 6 heteroatoms. The molecule has 0 spiro atoms. The molecule has 2 aliphatic rings. The van der Waals surface area contributed by atoms with Crippen LogP contribution in [0.15, 0.2) is 30.3 Å². The van der Waals surface area contributed by atoms with E-state index < -0.39 is 0 Å². The maximum atomic E-state index is 12.7. The Kier molecular flexibility index (Phi) is 5.78. The molecular formula is C22H26N2O3S. The molecule has 148 valence electrons. The van der Waals surface area contributed by atoms with E-state index in [0.29, 0.717) is 32.8 Å². The maximum absolute atomic E-state index is 12.7. The van der Waals surface area contributed by atoms with Gasteiger partial charge in [0.05, 0.1) is 18.1 Å². The number of amides is 2. The van der Waals surface area contributed by atoms with Gasteiger partial charge in [-0.15, -0.1) is 11.3 Å². The fraction of sp³-hybridized carbons (Fsp3) is 0.455. The van der Waals surface area contributed by atoms with Gasteiger partial charge < -0.3 is 15.0 Å². The van der Waals surface area contributed by atoms with Gasteiger partial charge in [0.2, 0.25) is 5.91 Å². The van der Waals surface area contributed by atoms with Crippen LogP contribution in [0.2, 0.25) is 0 Å². The Morgan fingerprint density at radius 1 is 1.21 bits per heavy atom. The molecule has 5 nitrogen and oxygen atoms in total. The van der Waals surface area contributed by atoms with Gasteiger partial charge in [-0.05, 0) is 43.4 Å². The molecule has 1 atom stereocenters. The fourth-order valence-corrected chi connectivity index (χ4v) is 4.99. The Morgan fingerprint density at radius 3 is 2.71 bits per heavy atom. The van der Waals surface area contributed by atoms with Crippen molar-refractivity contribution in [1.29, 1.82) is 0 Å². The SMILES string of the molecule is Cc1ccc(CNC(=O)[C@@H]2CCc3sc(C(=O)N4CCOCC4)cc3C2)cc1. The van der Waals surface area contributed by atoms with E-state index >= 15 is 0 Å². The summed E-state index contributed by atoms with van der Waals surface area (Å²) in [6.45, 7) is 5.16. The smallest absolute Gasteiger partial charge is 0.264 e. The highest BCUT2D eigenvalue weighted by atomic mass is 32.1. The van der Waals surface area contributed by atoms with Crippen molar-refractivity contribution >= 4 is 23.2 Å². The quantitative estimate of drug-likeness (QED) is 0.862. The standard InChI is InChI=1S/C22H26N2O3S/c1-15-2-4-16(5-3-15)14-23-21(25)17-6-7-19-18(12-17)13-20(28-19)22(26)24-8-10-27-11-9-24/h2-5,13,17H,6-12,14H2,1H3,(H,23,25)/t17-/m1/s1. The number of fused-ring (bicyclic) bond motifs is 1. The molecule has 2 amide bonds. The van der Waals surface area contributed by atoms with E-state index in [0.717, 1.165) is 29.7 Å². The Labute approximate surface area is 169 Å². The number of benzene rings is 1. The molecule has 28 heavy (non-hydrogen) atoms. The van der Waals surface area contributed by atoms with Gasteiger partial charge in [0.25, 0.3) is 5.91 Å². The zero-order valence-electron chi connectivity index (χ0n) is 16.2. The number of nitrogens with zero attached hydrogens (tertiary/aromatic N) is 1. The van der Waals surface area contributed by atoms with Gasteiger partial charge in [-0.1, -0.05) is 29.8 Å². The predicted molar refractivity (Wildman–Crippen MR) is 110 cm³/mol. The summed E-state index contributed by atoms with van der Waals surface area (Å²) in [5.74, 6) is 0.195. The molecule has 1 N–H and O–H groups in total. The van der Waals surface area contributed by atoms with E-state index in [2.05, 4.69) is 36.5 Å². The molecule has 0 radical (unpaired) electrons. The Morgan fingerprint density at radius 2 is 1.96 bits per heavy atom. The number of thiophene rings is 1. The van der Waals surface area contributed by atoms with Crippen LogP contribution in [0.4, 0.5) is 0 Å². The monoisotopic (exact) mass is 398 g/mol. The van der Waals surface area contributed by atoms with Crippen LogP contribution in [0, 0.1) is 12.8 Å². The number of ether oxygens (including phenoxy) is 1. The van der Waals surface area contributed by atoms with E-state index in [4.69, 9.17) is 4.74 Å². The van der Waals surface area contributed by atoms with Gasteiger partial charge in [0.1, 0.15) is 0 Å².